The molecule has 1 saturated carbocycles. The van der Waals surface area contributed by atoms with Crippen molar-refractivity contribution in [1.29, 1.82) is 0 Å². The summed E-state index contributed by atoms with van der Waals surface area (Å²) in [6, 6.07) is 8.86. The highest BCUT2D eigenvalue weighted by atomic mass is 32.2. The van der Waals surface area contributed by atoms with Crippen molar-refractivity contribution in [2.45, 2.75) is 54.4 Å². The van der Waals surface area contributed by atoms with Crippen LogP contribution in [0.15, 0.2) is 29.2 Å². The molecule has 2 atom stereocenters. The second-order valence-corrected chi connectivity index (χ2v) is 10.1. The summed E-state index contributed by atoms with van der Waals surface area (Å²) in [5, 5.41) is 1.22. The highest BCUT2D eigenvalue weighted by Gasteiger charge is 2.27. The van der Waals surface area contributed by atoms with Gasteiger partial charge in [-0.2, -0.15) is 0 Å². The summed E-state index contributed by atoms with van der Waals surface area (Å²) in [4.78, 5) is 17.9. The van der Waals surface area contributed by atoms with Gasteiger partial charge in [-0.1, -0.05) is 30.5 Å². The average Bonchev–Trinajstić information content (AvgIpc) is 2.62. The van der Waals surface area contributed by atoms with Gasteiger partial charge in [-0.3, -0.25) is 4.79 Å². The van der Waals surface area contributed by atoms with Gasteiger partial charge in [-0.05, 0) is 59.0 Å². The van der Waals surface area contributed by atoms with Crippen LogP contribution >= 0.6 is 23.5 Å². The molecule has 0 radical (unpaired) electrons. The Morgan fingerprint density at radius 1 is 1.04 bits per heavy atom. The number of nitrogens with zero attached hydrogens (tertiary/aromatic N) is 2. The van der Waals surface area contributed by atoms with Crippen molar-refractivity contribution in [2.24, 2.45) is 0 Å². The molecule has 1 fully saturated rings. The summed E-state index contributed by atoms with van der Waals surface area (Å²) in [7, 11) is 6.09. The highest BCUT2D eigenvalue weighted by molar-refractivity contribution is 8.04. The molecular weight excluding hydrogens is 360 g/mol. The van der Waals surface area contributed by atoms with Crippen molar-refractivity contribution in [3.8, 4) is 0 Å². The average molecular weight is 395 g/mol. The van der Waals surface area contributed by atoms with Gasteiger partial charge in [0.15, 0.2) is 0 Å². The van der Waals surface area contributed by atoms with Crippen molar-refractivity contribution < 1.29 is 4.79 Å². The molecule has 1 aliphatic carbocycles. The quantitative estimate of drug-likeness (QED) is 0.613. The SMILES string of the molecule is Cc1ccc(SC2CCCCC2SCC(=O)N(C)CCCN(C)C)cc1. The molecule has 1 aromatic rings. The lowest BCUT2D eigenvalue weighted by Gasteiger charge is -2.31. The van der Waals surface area contributed by atoms with Gasteiger partial charge in [0.1, 0.15) is 0 Å². The molecule has 3 nitrogen and oxygen atoms in total. The summed E-state index contributed by atoms with van der Waals surface area (Å²) in [5.74, 6) is 0.895. The second kappa shape index (κ2) is 11.3. The molecule has 1 aromatic carbocycles. The number of aryl methyl sites for hydroxylation is 1. The van der Waals surface area contributed by atoms with E-state index in [0.29, 0.717) is 16.3 Å². The lowest BCUT2D eigenvalue weighted by atomic mass is 10.00. The summed E-state index contributed by atoms with van der Waals surface area (Å²) in [6.07, 6.45) is 6.17. The Bertz CT molecular complexity index is 547. The van der Waals surface area contributed by atoms with Crippen molar-refractivity contribution in [3.63, 3.8) is 0 Å². The molecule has 0 bridgehead atoms. The van der Waals surface area contributed by atoms with Crippen LogP contribution in [-0.4, -0.2) is 66.2 Å². The van der Waals surface area contributed by atoms with Gasteiger partial charge in [0.25, 0.3) is 0 Å². The highest BCUT2D eigenvalue weighted by Crippen LogP contribution is 2.39. The molecule has 146 valence electrons. The van der Waals surface area contributed by atoms with Crippen molar-refractivity contribution in [1.82, 2.24) is 9.80 Å². The van der Waals surface area contributed by atoms with Crippen LogP contribution in [0.3, 0.4) is 0 Å². The summed E-state index contributed by atoms with van der Waals surface area (Å²) < 4.78 is 0. The van der Waals surface area contributed by atoms with Crippen LogP contribution in [0.4, 0.5) is 0 Å². The van der Waals surface area contributed by atoms with Crippen LogP contribution in [0.2, 0.25) is 0 Å². The van der Waals surface area contributed by atoms with Crippen molar-refractivity contribution >= 4 is 29.4 Å². The lowest BCUT2D eigenvalue weighted by molar-refractivity contribution is -0.127. The maximum absolute atomic E-state index is 12.4. The van der Waals surface area contributed by atoms with E-state index in [9.17, 15) is 4.79 Å². The molecule has 0 heterocycles. The van der Waals surface area contributed by atoms with Crippen LogP contribution < -0.4 is 0 Å². The number of benzene rings is 1. The Hall–Kier alpha value is -0.650. The molecule has 5 heteroatoms. The monoisotopic (exact) mass is 394 g/mol. The van der Waals surface area contributed by atoms with E-state index in [0.717, 1.165) is 19.5 Å². The number of thioether (sulfide) groups is 2. The second-order valence-electron chi connectivity index (χ2n) is 7.58. The topological polar surface area (TPSA) is 23.6 Å². The first-order chi connectivity index (χ1) is 12.5. The molecule has 0 spiro atoms. The third kappa shape index (κ3) is 7.53. The normalized spacial score (nSPS) is 20.3. The predicted molar refractivity (Wildman–Crippen MR) is 116 cm³/mol. The first-order valence-electron chi connectivity index (χ1n) is 9.69. The van der Waals surface area contributed by atoms with Gasteiger partial charge >= 0.3 is 0 Å². The van der Waals surface area contributed by atoms with Crippen LogP contribution in [0.1, 0.15) is 37.7 Å². The molecule has 2 unspecified atom stereocenters. The lowest BCUT2D eigenvalue weighted by Crippen LogP contribution is -2.33. The zero-order valence-electron chi connectivity index (χ0n) is 16.7. The minimum Gasteiger partial charge on any atom is -0.345 e. The Morgan fingerprint density at radius 3 is 2.35 bits per heavy atom. The van der Waals surface area contributed by atoms with E-state index >= 15 is 0 Å². The molecule has 0 saturated heterocycles. The van der Waals surface area contributed by atoms with E-state index in [1.54, 1.807) is 0 Å². The Labute approximate surface area is 168 Å². The largest absolute Gasteiger partial charge is 0.345 e. The van der Waals surface area contributed by atoms with Crippen molar-refractivity contribution in [3.05, 3.63) is 29.8 Å². The fourth-order valence-electron chi connectivity index (χ4n) is 3.22. The maximum Gasteiger partial charge on any atom is 0.232 e. The fourth-order valence-corrected chi connectivity index (χ4v) is 6.10. The molecular formula is C21H34N2OS2. The minimum atomic E-state index is 0.276. The van der Waals surface area contributed by atoms with E-state index < -0.39 is 0 Å². The Morgan fingerprint density at radius 2 is 1.69 bits per heavy atom. The minimum absolute atomic E-state index is 0.276. The van der Waals surface area contributed by atoms with E-state index in [1.165, 1.54) is 36.1 Å². The van der Waals surface area contributed by atoms with Crippen LogP contribution in [0.25, 0.3) is 0 Å². The first-order valence-corrected chi connectivity index (χ1v) is 11.6. The summed E-state index contributed by atoms with van der Waals surface area (Å²) in [6.45, 7) is 4.01. The Balaban J connectivity index is 1.79. The molecule has 0 aliphatic heterocycles. The van der Waals surface area contributed by atoms with Gasteiger partial charge in [0, 0.05) is 29.0 Å². The number of hydrogen-bond donors (Lipinski definition) is 0. The maximum atomic E-state index is 12.4. The van der Waals surface area contributed by atoms with E-state index in [-0.39, 0.29) is 5.91 Å². The zero-order valence-corrected chi connectivity index (χ0v) is 18.4. The van der Waals surface area contributed by atoms with Crippen molar-refractivity contribution in [2.75, 3.05) is 40.0 Å². The molecule has 0 aromatic heterocycles. The van der Waals surface area contributed by atoms with Crippen LogP contribution in [0.5, 0.6) is 0 Å². The molecule has 1 aliphatic rings. The third-order valence-electron chi connectivity index (χ3n) is 4.90. The number of hydrogen-bond acceptors (Lipinski definition) is 4. The predicted octanol–water partition coefficient (Wildman–Crippen LogP) is 4.54. The molecule has 2 rings (SSSR count). The summed E-state index contributed by atoms with van der Waals surface area (Å²) >= 11 is 3.89. The van der Waals surface area contributed by atoms with Gasteiger partial charge in [-0.15, -0.1) is 23.5 Å². The van der Waals surface area contributed by atoms with Crippen LogP contribution in [0, 0.1) is 6.92 Å². The summed E-state index contributed by atoms with van der Waals surface area (Å²) in [5.41, 5.74) is 1.31. The smallest absolute Gasteiger partial charge is 0.232 e. The van der Waals surface area contributed by atoms with Gasteiger partial charge in [0.05, 0.1) is 5.75 Å². The van der Waals surface area contributed by atoms with E-state index in [1.807, 2.05) is 35.5 Å². The van der Waals surface area contributed by atoms with Gasteiger partial charge < -0.3 is 9.80 Å². The molecule has 26 heavy (non-hydrogen) atoms. The molecule has 1 amide bonds. The van der Waals surface area contributed by atoms with Crippen LogP contribution in [-0.2, 0) is 4.79 Å². The zero-order chi connectivity index (χ0) is 18.9. The number of rotatable bonds is 9. The van der Waals surface area contributed by atoms with Gasteiger partial charge in [0.2, 0.25) is 5.91 Å². The fraction of sp³-hybridized carbons (Fsp3) is 0.667. The Kier molecular flexibility index (Phi) is 9.37. The number of amides is 1. The number of carbonyl (C=O) groups is 1. The van der Waals surface area contributed by atoms with Gasteiger partial charge in [-0.25, -0.2) is 0 Å². The van der Waals surface area contributed by atoms with E-state index in [2.05, 4.69) is 50.2 Å². The third-order valence-corrected chi connectivity index (χ3v) is 7.89. The molecule has 0 N–H and O–H groups in total. The standard InChI is InChI=1S/C21H34N2OS2/c1-17-10-12-18(13-11-17)26-20-9-6-5-8-19(20)25-16-21(24)23(4)15-7-14-22(2)3/h10-13,19-20H,5-9,14-16H2,1-4H3. The first kappa shape index (κ1) is 21.6. The van der Waals surface area contributed by atoms with E-state index in [4.69, 9.17) is 0 Å². The number of carbonyl (C=O) groups excluding carboxylic acids is 1.